The average Bonchev–Trinajstić information content (AvgIpc) is 2.76. The number of para-hydroxylation sites is 1. The van der Waals surface area contributed by atoms with Gasteiger partial charge in [0.05, 0.1) is 5.69 Å². The molecule has 0 N–H and O–H groups in total. The largest absolute Gasteiger partial charge is 0.367 e. The number of hydrogen-bond donors (Lipinski definition) is 0. The van der Waals surface area contributed by atoms with E-state index < -0.39 is 15.1 Å². The maximum Gasteiger partial charge on any atom is 0.367 e. The van der Waals surface area contributed by atoms with Crippen LogP contribution in [0.15, 0.2) is 24.3 Å². The van der Waals surface area contributed by atoms with Crippen molar-refractivity contribution in [3.63, 3.8) is 0 Å². The van der Waals surface area contributed by atoms with Gasteiger partial charge in [-0.05, 0) is 6.07 Å². The molecule has 8 heteroatoms. The van der Waals surface area contributed by atoms with Crippen molar-refractivity contribution in [2.45, 2.75) is 0 Å². The summed E-state index contributed by atoms with van der Waals surface area (Å²) in [5.74, 6) is 0. The summed E-state index contributed by atoms with van der Waals surface area (Å²) in [5.41, 5.74) is 1.66. The van der Waals surface area contributed by atoms with Gasteiger partial charge < -0.3 is 22.8 Å². The van der Waals surface area contributed by atoms with Crippen LogP contribution in [0.2, 0.25) is 0 Å². The molecule has 0 saturated carbocycles. The van der Waals surface area contributed by atoms with Gasteiger partial charge in [0.25, 0.3) is 0 Å². The van der Waals surface area contributed by atoms with Crippen LogP contribution < -0.4 is 4.67 Å². The molecule has 1 aromatic carbocycles. The lowest BCUT2D eigenvalue weighted by Crippen LogP contribution is -2.15. The van der Waals surface area contributed by atoms with Gasteiger partial charge in [0, 0.05) is 41.1 Å². The number of hydrogen-bond acceptors (Lipinski definition) is 6. The van der Waals surface area contributed by atoms with E-state index in [0.29, 0.717) is 5.03 Å². The van der Waals surface area contributed by atoms with Crippen LogP contribution in [0, 0.1) is 0 Å². The van der Waals surface area contributed by atoms with Gasteiger partial charge in [-0.25, -0.2) is 0 Å². The minimum Gasteiger partial charge on any atom is -0.324 e. The molecule has 0 unspecified atom stereocenters. The van der Waals surface area contributed by atoms with Crippen molar-refractivity contribution in [2.75, 3.05) is 40.2 Å². The van der Waals surface area contributed by atoms with Gasteiger partial charge in [0.1, 0.15) is 5.03 Å². The Balaban J connectivity index is 2.86. The highest BCUT2D eigenvalue weighted by Gasteiger charge is 2.48. The van der Waals surface area contributed by atoms with E-state index in [4.69, 9.17) is 18.1 Å². The Bertz CT molecular complexity index is 600. The quantitative estimate of drug-likeness (QED) is 0.777. The van der Waals surface area contributed by atoms with E-state index in [1.807, 2.05) is 36.0 Å². The molecule has 0 fully saturated rings. The topological polar surface area (TPSA) is 57.2 Å². The summed E-state index contributed by atoms with van der Waals surface area (Å²) in [6.45, 7) is 0. The van der Waals surface area contributed by atoms with E-state index in [-0.39, 0.29) is 0 Å². The Kier molecular flexibility index (Phi) is 4.45. The highest BCUT2D eigenvalue weighted by atomic mass is 31.2. The fourth-order valence-electron chi connectivity index (χ4n) is 2.42. The third-order valence-corrected chi connectivity index (χ3v) is 9.38. The molecule has 0 atom stereocenters. The first-order valence-electron chi connectivity index (χ1n) is 5.94. The van der Waals surface area contributed by atoms with Gasteiger partial charge in [-0.2, -0.15) is 0 Å². The first-order chi connectivity index (χ1) is 9.50. The molecular formula is C12H19NO5P2. The van der Waals surface area contributed by atoms with E-state index in [0.717, 1.165) is 11.3 Å². The lowest BCUT2D eigenvalue weighted by Gasteiger charge is -2.30. The van der Waals surface area contributed by atoms with Crippen LogP contribution in [0.25, 0.3) is 0 Å². The fraction of sp³-hybridized carbons (Fsp3) is 0.417. The number of benzene rings is 1. The molecule has 1 aliphatic heterocycles. The van der Waals surface area contributed by atoms with Gasteiger partial charge in [-0.1, -0.05) is 18.2 Å². The molecule has 1 heterocycles. The lowest BCUT2D eigenvalue weighted by atomic mass is 10.2. The van der Waals surface area contributed by atoms with E-state index in [1.54, 1.807) is 0 Å². The standard InChI is InChI=1S/C12H19NO5P2/c1-13-11-9-7-6-8-10(11)12(19(13,15-2)16-3)20(14,17-4)18-5/h6-9H,1-5H3. The van der Waals surface area contributed by atoms with Crippen molar-refractivity contribution in [2.24, 2.45) is 0 Å². The summed E-state index contributed by atoms with van der Waals surface area (Å²) >= 11 is 0. The van der Waals surface area contributed by atoms with Crippen molar-refractivity contribution in [3.05, 3.63) is 29.8 Å². The summed E-state index contributed by atoms with van der Waals surface area (Å²) in [6.07, 6.45) is 0. The predicted molar refractivity (Wildman–Crippen MR) is 81.5 cm³/mol. The molecule has 0 aromatic heterocycles. The number of anilines is 1. The predicted octanol–water partition coefficient (Wildman–Crippen LogP) is 3.16. The molecule has 112 valence electrons. The second-order valence-corrected chi connectivity index (χ2v) is 9.46. The van der Waals surface area contributed by atoms with Crippen LogP contribution in [-0.4, -0.2) is 40.5 Å². The minimum atomic E-state index is -3.48. The fourth-order valence-corrected chi connectivity index (χ4v) is 8.24. The maximum atomic E-state index is 13.0. The second kappa shape index (κ2) is 5.64. The van der Waals surface area contributed by atoms with Crippen molar-refractivity contribution in [1.82, 2.24) is 0 Å². The van der Waals surface area contributed by atoms with Crippen molar-refractivity contribution >= 4 is 25.8 Å². The van der Waals surface area contributed by atoms with Crippen molar-refractivity contribution in [1.29, 1.82) is 0 Å². The SMILES string of the molecule is COP(=O)(OC)C1=P(OC)(OC)N(C)c2ccccc21. The molecule has 2 rings (SSSR count). The van der Waals surface area contributed by atoms with Gasteiger partial charge in [0.15, 0.2) is 0 Å². The van der Waals surface area contributed by atoms with Crippen molar-refractivity contribution < 1.29 is 22.7 Å². The second-order valence-electron chi connectivity index (χ2n) is 4.11. The monoisotopic (exact) mass is 319 g/mol. The Morgan fingerprint density at radius 1 is 1.05 bits per heavy atom. The Morgan fingerprint density at radius 3 is 2.10 bits per heavy atom. The Labute approximate surface area is 119 Å². The zero-order valence-electron chi connectivity index (χ0n) is 12.2. The Morgan fingerprint density at radius 2 is 1.60 bits per heavy atom. The summed E-state index contributed by atoms with van der Waals surface area (Å²) in [7, 11) is 1.45. The molecule has 0 amide bonds. The smallest absolute Gasteiger partial charge is 0.324 e. The summed E-state index contributed by atoms with van der Waals surface area (Å²) in [4.78, 5) is 0. The third-order valence-electron chi connectivity index (χ3n) is 3.39. The van der Waals surface area contributed by atoms with Crippen LogP contribution in [0.3, 0.4) is 0 Å². The van der Waals surface area contributed by atoms with Gasteiger partial charge in [0.2, 0.25) is 7.49 Å². The molecule has 0 bridgehead atoms. The molecule has 6 nitrogen and oxygen atoms in total. The molecule has 0 saturated heterocycles. The zero-order chi connectivity index (χ0) is 15.0. The number of nitrogens with zero attached hydrogens (tertiary/aromatic N) is 1. The third kappa shape index (κ3) is 2.00. The molecule has 0 spiro atoms. The van der Waals surface area contributed by atoms with E-state index in [9.17, 15) is 4.57 Å². The van der Waals surface area contributed by atoms with E-state index in [2.05, 4.69) is 0 Å². The van der Waals surface area contributed by atoms with Crippen LogP contribution in [0.1, 0.15) is 5.56 Å². The molecule has 0 aliphatic carbocycles. The molecule has 20 heavy (non-hydrogen) atoms. The summed E-state index contributed by atoms with van der Waals surface area (Å²) in [6, 6.07) is 7.56. The highest BCUT2D eigenvalue weighted by molar-refractivity contribution is 7.92. The highest BCUT2D eigenvalue weighted by Crippen LogP contribution is 2.70. The number of fused-ring (bicyclic) bond motifs is 1. The molecule has 1 aliphatic rings. The van der Waals surface area contributed by atoms with Crippen molar-refractivity contribution in [3.8, 4) is 0 Å². The summed E-state index contributed by atoms with van der Waals surface area (Å²) in [5, 5.41) is 0.457. The van der Waals surface area contributed by atoms with Gasteiger partial charge in [-0.3, -0.25) is 4.57 Å². The van der Waals surface area contributed by atoms with E-state index >= 15 is 0 Å². The lowest BCUT2D eigenvalue weighted by molar-refractivity contribution is 0.290. The first-order valence-corrected chi connectivity index (χ1v) is 9.06. The Hall–Kier alpha value is -0.610. The first kappa shape index (κ1) is 15.8. The number of rotatable bonds is 5. The van der Waals surface area contributed by atoms with Crippen LogP contribution in [0.5, 0.6) is 0 Å². The normalized spacial score (nSPS) is 17.4. The minimum absolute atomic E-state index is 0.457. The van der Waals surface area contributed by atoms with Crippen LogP contribution >= 0.6 is 15.1 Å². The molecular weight excluding hydrogens is 300 g/mol. The molecule has 0 radical (unpaired) electrons. The zero-order valence-corrected chi connectivity index (χ0v) is 14.0. The van der Waals surface area contributed by atoms with Crippen LogP contribution in [-0.2, 0) is 22.7 Å². The van der Waals surface area contributed by atoms with Crippen LogP contribution in [0.4, 0.5) is 5.69 Å². The maximum absolute atomic E-state index is 13.0. The average molecular weight is 319 g/mol. The van der Waals surface area contributed by atoms with Gasteiger partial charge in [-0.15, -0.1) is 0 Å². The summed E-state index contributed by atoms with van der Waals surface area (Å²) < 4.78 is 36.5. The molecule has 1 aromatic rings. The van der Waals surface area contributed by atoms with Gasteiger partial charge >= 0.3 is 7.60 Å². The van der Waals surface area contributed by atoms with E-state index in [1.165, 1.54) is 28.4 Å².